The quantitative estimate of drug-likeness (QED) is 0.833. The first-order valence-corrected chi connectivity index (χ1v) is 9.00. The van der Waals surface area contributed by atoms with Crippen molar-refractivity contribution in [3.05, 3.63) is 41.2 Å². The van der Waals surface area contributed by atoms with Gasteiger partial charge in [0.05, 0.1) is 0 Å². The summed E-state index contributed by atoms with van der Waals surface area (Å²) < 4.78 is 0. The zero-order valence-corrected chi connectivity index (χ0v) is 16.2. The highest BCUT2D eigenvalue weighted by atomic mass is 16.2. The summed E-state index contributed by atoms with van der Waals surface area (Å²) in [5.74, 6) is -0.606. The van der Waals surface area contributed by atoms with E-state index in [4.69, 9.17) is 10.7 Å². The molecule has 9 nitrogen and oxygen atoms in total. The number of rotatable bonds is 3. The van der Waals surface area contributed by atoms with Gasteiger partial charge in [0.25, 0.3) is 5.91 Å². The van der Waals surface area contributed by atoms with Crippen LogP contribution in [-0.4, -0.2) is 64.3 Å². The highest BCUT2D eigenvalue weighted by molar-refractivity contribution is 6.11. The Bertz CT molecular complexity index is 951. The van der Waals surface area contributed by atoms with Crippen molar-refractivity contribution in [1.82, 2.24) is 14.7 Å². The molecule has 0 aliphatic carbocycles. The summed E-state index contributed by atoms with van der Waals surface area (Å²) in [5.41, 5.74) is 9.13. The van der Waals surface area contributed by atoms with Crippen LogP contribution in [0.2, 0.25) is 0 Å². The Balaban J connectivity index is 1.76. The van der Waals surface area contributed by atoms with E-state index >= 15 is 0 Å². The van der Waals surface area contributed by atoms with E-state index in [1.54, 1.807) is 7.05 Å². The molecule has 2 atom stereocenters. The van der Waals surface area contributed by atoms with Crippen molar-refractivity contribution in [2.45, 2.75) is 33.0 Å². The van der Waals surface area contributed by atoms with Crippen LogP contribution in [0.25, 0.3) is 0 Å². The fraction of sp³-hybridized carbons (Fsp3) is 0.368. The highest BCUT2D eigenvalue weighted by Crippen LogP contribution is 2.39. The van der Waals surface area contributed by atoms with Crippen LogP contribution in [0.3, 0.4) is 0 Å². The number of guanidine groups is 1. The number of fused-ring (bicyclic) bond motifs is 3. The number of allylic oxidation sites excluding steroid dienone is 2. The predicted octanol–water partition coefficient (Wildman–Crippen LogP) is 0.812. The van der Waals surface area contributed by atoms with Crippen LogP contribution in [0.15, 0.2) is 40.7 Å². The Morgan fingerprint density at radius 3 is 2.36 bits per heavy atom. The smallest absolute Gasteiger partial charge is 0.328 e. The minimum atomic E-state index is -0.737. The molecule has 2 unspecified atom stereocenters. The first-order chi connectivity index (χ1) is 13.2. The predicted molar refractivity (Wildman–Crippen MR) is 103 cm³/mol. The van der Waals surface area contributed by atoms with Gasteiger partial charge in [-0.1, -0.05) is 17.7 Å². The Kier molecular flexibility index (Phi) is 3.91. The average Bonchev–Trinajstić information content (AvgIpc) is 3.14. The summed E-state index contributed by atoms with van der Waals surface area (Å²) in [7, 11) is 1.58. The maximum Gasteiger partial charge on any atom is 0.328 e. The second kappa shape index (κ2) is 6.08. The van der Waals surface area contributed by atoms with Gasteiger partial charge < -0.3 is 10.6 Å². The van der Waals surface area contributed by atoms with Gasteiger partial charge in [0.2, 0.25) is 11.9 Å². The number of nitrogens with two attached hydrogens (primary N) is 1. The van der Waals surface area contributed by atoms with Crippen LogP contribution >= 0.6 is 0 Å². The molecule has 0 saturated carbocycles. The summed E-state index contributed by atoms with van der Waals surface area (Å²) in [4.78, 5) is 47.9. The standard InChI is InChI=1S/C19H22N6O3/c1-10-5-7-13(8-6-10)24-11(2)12(3)25-15-16(21-18(24)25)22(4)19(28)23(17(15)27)9-14(20)26/h5-8,15-16H,9H2,1-4H3,(H2,20,26). The van der Waals surface area contributed by atoms with Crippen LogP contribution < -0.4 is 10.6 Å². The number of hydrogen-bond acceptors (Lipinski definition) is 6. The minimum absolute atomic E-state index is 0.447. The normalized spacial score (nSPS) is 24.1. The number of anilines is 1. The second-order valence-corrected chi connectivity index (χ2v) is 7.28. The summed E-state index contributed by atoms with van der Waals surface area (Å²) in [6, 6.07) is 6.72. The van der Waals surface area contributed by atoms with Gasteiger partial charge >= 0.3 is 6.03 Å². The van der Waals surface area contributed by atoms with E-state index in [-0.39, 0.29) is 0 Å². The van der Waals surface area contributed by atoms with Crippen molar-refractivity contribution in [2.75, 3.05) is 18.5 Å². The van der Waals surface area contributed by atoms with Gasteiger partial charge in [0.1, 0.15) is 6.54 Å². The van der Waals surface area contributed by atoms with Crippen molar-refractivity contribution in [1.29, 1.82) is 0 Å². The van der Waals surface area contributed by atoms with Gasteiger partial charge in [0.15, 0.2) is 12.2 Å². The van der Waals surface area contributed by atoms with Crippen LogP contribution in [0.4, 0.5) is 10.5 Å². The topological polar surface area (TPSA) is 103 Å². The largest absolute Gasteiger partial charge is 0.368 e. The lowest BCUT2D eigenvalue weighted by Gasteiger charge is -2.40. The summed E-state index contributed by atoms with van der Waals surface area (Å²) in [6.07, 6.45) is -0.657. The Hall–Kier alpha value is -3.36. The van der Waals surface area contributed by atoms with E-state index in [2.05, 4.69) is 0 Å². The van der Waals surface area contributed by atoms with Gasteiger partial charge in [-0.15, -0.1) is 0 Å². The number of amides is 4. The maximum atomic E-state index is 13.1. The van der Waals surface area contributed by atoms with Gasteiger partial charge in [-0.05, 0) is 32.9 Å². The molecule has 0 radical (unpaired) electrons. The first kappa shape index (κ1) is 18.0. The van der Waals surface area contributed by atoms with E-state index < -0.39 is 36.6 Å². The number of carbonyl (C=O) groups is 3. The summed E-state index contributed by atoms with van der Waals surface area (Å²) in [5, 5.41) is 0. The summed E-state index contributed by atoms with van der Waals surface area (Å²) in [6.45, 7) is 5.46. The molecule has 146 valence electrons. The number of hydrogen-bond donors (Lipinski definition) is 1. The number of aryl methyl sites for hydroxylation is 1. The molecule has 2 N–H and O–H groups in total. The van der Waals surface area contributed by atoms with Gasteiger partial charge in [-0.2, -0.15) is 0 Å². The molecule has 9 heteroatoms. The van der Waals surface area contributed by atoms with E-state index in [1.165, 1.54) is 4.90 Å². The van der Waals surface area contributed by atoms with Gasteiger partial charge in [-0.25, -0.2) is 9.79 Å². The SMILES string of the molecule is CC1=C(C)N2C(=NC3C2C(=O)N(CC(N)=O)C(=O)N3C)N1c1ccc(C)cc1. The lowest BCUT2D eigenvalue weighted by atomic mass is 10.1. The third kappa shape index (κ3) is 2.39. The molecule has 1 aromatic rings. The van der Waals surface area contributed by atoms with E-state index in [9.17, 15) is 14.4 Å². The minimum Gasteiger partial charge on any atom is -0.368 e. The number of carbonyl (C=O) groups excluding carboxylic acids is 3. The molecule has 3 aliphatic rings. The number of imide groups is 1. The molecule has 0 aromatic heterocycles. The van der Waals surface area contributed by atoms with E-state index in [0.717, 1.165) is 27.5 Å². The van der Waals surface area contributed by atoms with Crippen molar-refractivity contribution in [3.8, 4) is 0 Å². The van der Waals surface area contributed by atoms with Crippen LogP contribution in [-0.2, 0) is 9.59 Å². The van der Waals surface area contributed by atoms with E-state index in [1.807, 2.05) is 54.8 Å². The van der Waals surface area contributed by atoms with Crippen LogP contribution in [0.1, 0.15) is 19.4 Å². The average molecular weight is 382 g/mol. The Labute approximate surface area is 162 Å². The molecule has 3 aliphatic heterocycles. The molecule has 0 spiro atoms. The first-order valence-electron chi connectivity index (χ1n) is 9.00. The zero-order chi connectivity index (χ0) is 20.3. The Morgan fingerprint density at radius 1 is 1.11 bits per heavy atom. The number of urea groups is 1. The van der Waals surface area contributed by atoms with E-state index in [0.29, 0.717) is 5.96 Å². The molecule has 4 amide bonds. The van der Waals surface area contributed by atoms with Gasteiger partial charge in [-0.3, -0.25) is 24.3 Å². The lowest BCUT2D eigenvalue weighted by molar-refractivity contribution is -0.139. The van der Waals surface area contributed by atoms with Crippen LogP contribution in [0.5, 0.6) is 0 Å². The molecular weight excluding hydrogens is 360 g/mol. The number of likely N-dealkylation sites (N-methyl/N-ethyl adjacent to an activating group) is 1. The molecule has 1 fully saturated rings. The number of primary amides is 1. The van der Waals surface area contributed by atoms with Crippen molar-refractivity contribution >= 4 is 29.5 Å². The number of benzene rings is 1. The third-order valence-corrected chi connectivity index (χ3v) is 5.50. The molecule has 28 heavy (non-hydrogen) atoms. The van der Waals surface area contributed by atoms with Crippen LogP contribution in [0, 0.1) is 6.92 Å². The third-order valence-electron chi connectivity index (χ3n) is 5.50. The Morgan fingerprint density at radius 2 is 1.75 bits per heavy atom. The molecule has 0 bridgehead atoms. The maximum absolute atomic E-state index is 13.1. The number of aliphatic imine (C=N–C) groups is 1. The van der Waals surface area contributed by atoms with Crippen molar-refractivity contribution < 1.29 is 14.4 Å². The number of nitrogens with zero attached hydrogens (tertiary/aromatic N) is 5. The molecular formula is C19H22N6O3. The second-order valence-electron chi connectivity index (χ2n) is 7.28. The zero-order valence-electron chi connectivity index (χ0n) is 16.2. The summed E-state index contributed by atoms with van der Waals surface area (Å²) >= 11 is 0. The fourth-order valence-corrected chi connectivity index (χ4v) is 3.92. The lowest BCUT2D eigenvalue weighted by Crippen LogP contribution is -2.65. The highest BCUT2D eigenvalue weighted by Gasteiger charge is 2.56. The van der Waals surface area contributed by atoms with Gasteiger partial charge in [0, 0.05) is 24.1 Å². The fourth-order valence-electron chi connectivity index (χ4n) is 3.92. The monoisotopic (exact) mass is 382 g/mol. The van der Waals surface area contributed by atoms with Crippen molar-refractivity contribution in [2.24, 2.45) is 10.7 Å². The van der Waals surface area contributed by atoms with Crippen molar-refractivity contribution in [3.63, 3.8) is 0 Å². The molecule has 1 saturated heterocycles. The molecule has 1 aromatic carbocycles. The molecule has 4 rings (SSSR count). The molecule has 3 heterocycles.